The summed E-state index contributed by atoms with van der Waals surface area (Å²) in [5.41, 5.74) is 0.585. The van der Waals surface area contributed by atoms with Gasteiger partial charge in [-0.3, -0.25) is 4.99 Å². The molecular formula is C18H31IN4S. The van der Waals surface area contributed by atoms with Crippen molar-refractivity contribution in [3.05, 3.63) is 16.1 Å². The normalized spacial score (nSPS) is 20.2. The molecule has 0 bridgehead atoms. The molecule has 1 spiro atoms. The quantitative estimate of drug-likeness (QED) is 0.416. The van der Waals surface area contributed by atoms with Crippen LogP contribution in [0.1, 0.15) is 55.3 Å². The first-order valence-electron chi connectivity index (χ1n) is 9.14. The zero-order chi connectivity index (χ0) is 16.1. The number of aromatic nitrogens is 1. The fraction of sp³-hybridized carbons (Fsp3) is 0.778. The summed E-state index contributed by atoms with van der Waals surface area (Å²) in [5, 5.41) is 4.78. The summed E-state index contributed by atoms with van der Waals surface area (Å²) < 4.78 is 0. The molecule has 2 aliphatic rings. The average Bonchev–Trinajstić information content (AvgIpc) is 3.20. The highest BCUT2D eigenvalue weighted by atomic mass is 127. The van der Waals surface area contributed by atoms with Crippen LogP contribution in [0.5, 0.6) is 0 Å². The summed E-state index contributed by atoms with van der Waals surface area (Å²) in [6.45, 7) is 5.47. The lowest BCUT2D eigenvalue weighted by atomic mass is 9.73. The number of thiazole rings is 1. The lowest BCUT2D eigenvalue weighted by Gasteiger charge is -2.33. The van der Waals surface area contributed by atoms with Crippen LogP contribution in [0.3, 0.4) is 0 Å². The summed E-state index contributed by atoms with van der Waals surface area (Å²) in [6, 6.07) is 0. The molecule has 0 atom stereocenters. The zero-order valence-corrected chi connectivity index (χ0v) is 18.2. The maximum atomic E-state index is 4.52. The predicted octanol–water partition coefficient (Wildman–Crippen LogP) is 4.10. The van der Waals surface area contributed by atoms with Crippen LogP contribution in [-0.2, 0) is 12.8 Å². The molecule has 0 amide bonds. The van der Waals surface area contributed by atoms with E-state index in [1.807, 2.05) is 24.6 Å². The van der Waals surface area contributed by atoms with Crippen LogP contribution in [0.15, 0.2) is 11.2 Å². The van der Waals surface area contributed by atoms with Gasteiger partial charge in [0.25, 0.3) is 0 Å². The van der Waals surface area contributed by atoms with Gasteiger partial charge in [0.1, 0.15) is 0 Å². The van der Waals surface area contributed by atoms with Gasteiger partial charge in [-0.2, -0.15) is 0 Å². The number of rotatable bonds is 4. The van der Waals surface area contributed by atoms with Gasteiger partial charge in [0.05, 0.1) is 5.01 Å². The molecule has 24 heavy (non-hydrogen) atoms. The van der Waals surface area contributed by atoms with Crippen LogP contribution < -0.4 is 5.32 Å². The van der Waals surface area contributed by atoms with Crippen LogP contribution in [0, 0.1) is 5.41 Å². The van der Waals surface area contributed by atoms with Crippen LogP contribution >= 0.6 is 35.3 Å². The van der Waals surface area contributed by atoms with Crippen molar-refractivity contribution in [1.29, 1.82) is 0 Å². The number of aliphatic imine (C=N–C) groups is 1. The van der Waals surface area contributed by atoms with Crippen LogP contribution in [0.25, 0.3) is 0 Å². The van der Waals surface area contributed by atoms with Crippen LogP contribution in [0.4, 0.5) is 0 Å². The molecule has 1 N–H and O–H groups in total. The van der Waals surface area contributed by atoms with Gasteiger partial charge >= 0.3 is 0 Å². The average molecular weight is 462 g/mol. The number of nitrogens with one attached hydrogen (secondary N) is 1. The number of nitrogens with zero attached hydrogens (tertiary/aromatic N) is 3. The number of hydrogen-bond donors (Lipinski definition) is 1. The minimum Gasteiger partial charge on any atom is -0.356 e. The van der Waals surface area contributed by atoms with E-state index in [-0.39, 0.29) is 24.0 Å². The third-order valence-corrected chi connectivity index (χ3v) is 6.64. The molecule has 1 aromatic rings. The van der Waals surface area contributed by atoms with Crippen molar-refractivity contribution < 1.29 is 0 Å². The Morgan fingerprint density at radius 1 is 1.33 bits per heavy atom. The Morgan fingerprint density at radius 3 is 2.79 bits per heavy atom. The molecule has 1 aliphatic heterocycles. The first-order chi connectivity index (χ1) is 11.2. The van der Waals surface area contributed by atoms with E-state index in [2.05, 4.69) is 27.1 Å². The van der Waals surface area contributed by atoms with E-state index in [1.165, 1.54) is 55.0 Å². The minimum atomic E-state index is 0. The molecule has 0 aromatic carbocycles. The second-order valence-electron chi connectivity index (χ2n) is 7.03. The molecule has 1 saturated carbocycles. The lowest BCUT2D eigenvalue weighted by Crippen LogP contribution is -2.42. The van der Waals surface area contributed by atoms with Crippen molar-refractivity contribution >= 4 is 41.3 Å². The summed E-state index contributed by atoms with van der Waals surface area (Å²) in [7, 11) is 1.91. The van der Waals surface area contributed by atoms with Gasteiger partial charge in [-0.25, -0.2) is 4.98 Å². The molecule has 136 valence electrons. The molecule has 6 heteroatoms. The Kier molecular flexibility index (Phi) is 7.78. The minimum absolute atomic E-state index is 0. The first-order valence-corrected chi connectivity index (χ1v) is 9.95. The van der Waals surface area contributed by atoms with Gasteiger partial charge < -0.3 is 10.2 Å². The molecular weight excluding hydrogens is 431 g/mol. The number of halogens is 1. The van der Waals surface area contributed by atoms with E-state index in [4.69, 9.17) is 0 Å². The Labute approximate surface area is 167 Å². The van der Waals surface area contributed by atoms with E-state index in [9.17, 15) is 0 Å². The second-order valence-corrected chi connectivity index (χ2v) is 8.23. The number of hydrogen-bond acceptors (Lipinski definition) is 3. The maximum absolute atomic E-state index is 4.52. The summed E-state index contributed by atoms with van der Waals surface area (Å²) >= 11 is 1.84. The Hall–Kier alpha value is -0.370. The van der Waals surface area contributed by atoms with Gasteiger partial charge in [0, 0.05) is 44.2 Å². The predicted molar refractivity (Wildman–Crippen MR) is 114 cm³/mol. The molecule has 2 fully saturated rings. The van der Waals surface area contributed by atoms with Gasteiger partial charge in [0.15, 0.2) is 5.96 Å². The highest BCUT2D eigenvalue weighted by molar-refractivity contribution is 14.0. The number of guanidine groups is 1. The Balaban J connectivity index is 0.00000208. The smallest absolute Gasteiger partial charge is 0.193 e. The Morgan fingerprint density at radius 2 is 2.12 bits per heavy atom. The molecule has 2 heterocycles. The summed E-state index contributed by atoms with van der Waals surface area (Å²) in [4.78, 5) is 12.9. The van der Waals surface area contributed by atoms with E-state index >= 15 is 0 Å². The molecule has 4 nitrogen and oxygen atoms in total. The van der Waals surface area contributed by atoms with Crippen LogP contribution in [-0.4, -0.2) is 42.5 Å². The van der Waals surface area contributed by atoms with Crippen molar-refractivity contribution in [3.8, 4) is 0 Å². The Bertz CT molecular complexity index is 537. The molecule has 1 aromatic heterocycles. The van der Waals surface area contributed by atoms with Crippen molar-refractivity contribution in [2.24, 2.45) is 10.4 Å². The molecule has 0 radical (unpaired) electrons. The van der Waals surface area contributed by atoms with Gasteiger partial charge in [0.2, 0.25) is 0 Å². The van der Waals surface area contributed by atoms with E-state index in [1.54, 1.807) is 0 Å². The number of likely N-dealkylation sites (tertiary alicyclic amines) is 1. The third kappa shape index (κ3) is 4.84. The highest BCUT2D eigenvalue weighted by Crippen LogP contribution is 2.43. The molecule has 3 rings (SSSR count). The molecule has 1 saturated heterocycles. The van der Waals surface area contributed by atoms with E-state index in [0.717, 1.165) is 31.9 Å². The second kappa shape index (κ2) is 9.36. The summed E-state index contributed by atoms with van der Waals surface area (Å²) in [6.07, 6.45) is 12.5. The number of aryl methyl sites for hydroxylation is 1. The molecule has 1 aliphatic carbocycles. The van der Waals surface area contributed by atoms with Crippen molar-refractivity contribution in [3.63, 3.8) is 0 Å². The summed E-state index contributed by atoms with van der Waals surface area (Å²) in [5.74, 6) is 1.08. The largest absolute Gasteiger partial charge is 0.356 e. The maximum Gasteiger partial charge on any atom is 0.193 e. The zero-order valence-electron chi connectivity index (χ0n) is 15.0. The third-order valence-electron chi connectivity index (χ3n) is 5.44. The van der Waals surface area contributed by atoms with E-state index < -0.39 is 0 Å². The van der Waals surface area contributed by atoms with E-state index in [0.29, 0.717) is 5.41 Å². The van der Waals surface area contributed by atoms with Crippen LogP contribution in [0.2, 0.25) is 0 Å². The monoisotopic (exact) mass is 462 g/mol. The topological polar surface area (TPSA) is 40.5 Å². The van der Waals surface area contributed by atoms with Crippen molar-refractivity contribution in [2.45, 2.75) is 58.3 Å². The SMILES string of the molecule is CCc1cnc(CCNC(=NC)N2CCC3(CCCCC3)C2)s1.I. The van der Waals surface area contributed by atoms with Gasteiger partial charge in [-0.15, -0.1) is 35.3 Å². The fourth-order valence-corrected chi connectivity index (χ4v) is 4.93. The highest BCUT2D eigenvalue weighted by Gasteiger charge is 2.39. The van der Waals surface area contributed by atoms with Gasteiger partial charge in [-0.1, -0.05) is 26.2 Å². The molecule has 0 unspecified atom stereocenters. The van der Waals surface area contributed by atoms with Crippen molar-refractivity contribution in [1.82, 2.24) is 15.2 Å². The lowest BCUT2D eigenvalue weighted by molar-refractivity contribution is 0.203. The van der Waals surface area contributed by atoms with Crippen molar-refractivity contribution in [2.75, 3.05) is 26.7 Å². The standard InChI is InChI=1S/C18H30N4S.HI/c1-3-15-13-21-16(23-15)7-11-20-17(19-2)22-12-10-18(14-22)8-5-4-6-9-18;/h13H,3-12,14H2,1-2H3,(H,19,20);1H. The fourth-order valence-electron chi connectivity index (χ4n) is 4.07. The first kappa shape index (κ1) is 19.9. The van der Waals surface area contributed by atoms with Gasteiger partial charge in [-0.05, 0) is 31.1 Å².